The largest absolute Gasteiger partial charge is 0.268 e. The Labute approximate surface area is 154 Å². The lowest BCUT2D eigenvalue weighted by Crippen LogP contribution is -2.43. The van der Waals surface area contributed by atoms with Crippen LogP contribution in [0.2, 0.25) is 0 Å². The summed E-state index contributed by atoms with van der Waals surface area (Å²) in [6.07, 6.45) is 3.70. The van der Waals surface area contributed by atoms with Crippen LogP contribution < -0.4 is 5.56 Å². The minimum absolute atomic E-state index is 0.0586. The third-order valence-corrected chi connectivity index (χ3v) is 7.30. The van der Waals surface area contributed by atoms with Gasteiger partial charge in [0.2, 0.25) is 10.0 Å². The van der Waals surface area contributed by atoms with Crippen molar-refractivity contribution in [3.63, 3.8) is 0 Å². The van der Waals surface area contributed by atoms with E-state index in [1.165, 1.54) is 6.07 Å². The maximum absolute atomic E-state index is 13.4. The summed E-state index contributed by atoms with van der Waals surface area (Å²) in [4.78, 5) is 11.6. The number of nitrogens with one attached hydrogen (secondary N) is 1. The molecule has 1 atom stereocenters. The summed E-state index contributed by atoms with van der Waals surface area (Å²) in [5.74, 6) is 0. The van der Waals surface area contributed by atoms with Crippen molar-refractivity contribution in [2.24, 2.45) is 0 Å². The topological polar surface area (TPSA) is 83.1 Å². The molecule has 1 aliphatic rings. The minimum atomic E-state index is -3.58. The Morgan fingerprint density at radius 2 is 2.00 bits per heavy atom. The van der Waals surface area contributed by atoms with Crippen LogP contribution in [0.5, 0.6) is 0 Å². The van der Waals surface area contributed by atoms with E-state index >= 15 is 0 Å². The second-order valence-electron chi connectivity index (χ2n) is 6.90. The third-order valence-electron chi connectivity index (χ3n) is 5.23. The average Bonchev–Trinajstić information content (AvgIpc) is 2.64. The molecule has 0 radical (unpaired) electrons. The molecule has 2 heterocycles. The lowest BCUT2D eigenvalue weighted by atomic mass is 10.0. The molecule has 140 valence electrons. The van der Waals surface area contributed by atoms with E-state index in [2.05, 4.69) is 10.2 Å². The zero-order valence-corrected chi connectivity index (χ0v) is 16.3. The molecule has 26 heavy (non-hydrogen) atoms. The quantitative estimate of drug-likeness (QED) is 0.890. The van der Waals surface area contributed by atoms with Crippen LogP contribution in [0.25, 0.3) is 11.3 Å². The van der Waals surface area contributed by atoms with Gasteiger partial charge in [-0.05, 0) is 62.4 Å². The van der Waals surface area contributed by atoms with E-state index < -0.39 is 10.0 Å². The van der Waals surface area contributed by atoms with Crippen LogP contribution in [-0.2, 0) is 10.0 Å². The fourth-order valence-electron chi connectivity index (χ4n) is 3.57. The van der Waals surface area contributed by atoms with E-state index in [4.69, 9.17) is 0 Å². The van der Waals surface area contributed by atoms with Crippen molar-refractivity contribution in [2.45, 2.75) is 57.4 Å². The maximum atomic E-state index is 13.4. The highest BCUT2D eigenvalue weighted by Crippen LogP contribution is 2.32. The Bertz CT molecular complexity index is 946. The molecule has 6 nitrogen and oxygen atoms in total. The van der Waals surface area contributed by atoms with Crippen molar-refractivity contribution in [3.05, 3.63) is 45.7 Å². The van der Waals surface area contributed by atoms with Crippen molar-refractivity contribution in [3.8, 4) is 11.3 Å². The molecule has 0 unspecified atom stereocenters. The van der Waals surface area contributed by atoms with Crippen molar-refractivity contribution >= 4 is 10.0 Å². The van der Waals surface area contributed by atoms with Gasteiger partial charge in [-0.25, -0.2) is 13.5 Å². The number of nitrogens with zero attached hydrogens (tertiary/aromatic N) is 2. The van der Waals surface area contributed by atoms with Gasteiger partial charge in [0.1, 0.15) is 0 Å². The lowest BCUT2D eigenvalue weighted by Gasteiger charge is -2.34. The van der Waals surface area contributed by atoms with Gasteiger partial charge < -0.3 is 0 Å². The molecule has 0 amide bonds. The zero-order valence-electron chi connectivity index (χ0n) is 15.4. The minimum Gasteiger partial charge on any atom is -0.268 e. The van der Waals surface area contributed by atoms with Crippen LogP contribution in [0.4, 0.5) is 0 Å². The lowest BCUT2D eigenvalue weighted by molar-refractivity contribution is 0.246. The Morgan fingerprint density at radius 3 is 2.65 bits per heavy atom. The molecule has 1 aliphatic heterocycles. The maximum Gasteiger partial charge on any atom is 0.264 e. The number of rotatable bonds is 4. The first-order valence-electron chi connectivity index (χ1n) is 9.03. The molecule has 1 aromatic heterocycles. The zero-order chi connectivity index (χ0) is 18.9. The average molecular weight is 375 g/mol. The van der Waals surface area contributed by atoms with Gasteiger partial charge >= 0.3 is 0 Å². The van der Waals surface area contributed by atoms with Gasteiger partial charge in [0.15, 0.2) is 0 Å². The molecule has 1 saturated heterocycles. The number of aromatic nitrogens is 2. The summed E-state index contributed by atoms with van der Waals surface area (Å²) in [5, 5.41) is 6.44. The molecule has 0 bridgehead atoms. The fraction of sp³-hybridized carbons (Fsp3) is 0.474. The van der Waals surface area contributed by atoms with Crippen molar-refractivity contribution < 1.29 is 8.42 Å². The highest BCUT2D eigenvalue weighted by Gasteiger charge is 2.34. The van der Waals surface area contributed by atoms with Gasteiger partial charge in [-0.1, -0.05) is 13.3 Å². The number of aryl methyl sites for hydroxylation is 1. The number of H-pyrrole nitrogens is 1. The third kappa shape index (κ3) is 3.46. The van der Waals surface area contributed by atoms with Gasteiger partial charge in [0.25, 0.3) is 5.56 Å². The van der Waals surface area contributed by atoms with Crippen molar-refractivity contribution in [1.29, 1.82) is 0 Å². The molecule has 7 heteroatoms. The molecule has 0 saturated carbocycles. The van der Waals surface area contributed by atoms with Crippen LogP contribution in [0.3, 0.4) is 0 Å². The summed E-state index contributed by atoms with van der Waals surface area (Å²) in [5.41, 5.74) is 2.60. The van der Waals surface area contributed by atoms with Gasteiger partial charge in [-0.2, -0.15) is 9.40 Å². The summed E-state index contributed by atoms with van der Waals surface area (Å²) in [6, 6.07) is 6.64. The van der Waals surface area contributed by atoms with E-state index in [0.717, 1.165) is 36.8 Å². The van der Waals surface area contributed by atoms with E-state index in [1.54, 1.807) is 16.4 Å². The van der Waals surface area contributed by atoms with Crippen LogP contribution >= 0.6 is 0 Å². The number of sulfonamides is 1. The molecule has 1 N–H and O–H groups in total. The fourth-order valence-corrected chi connectivity index (χ4v) is 5.67. The van der Waals surface area contributed by atoms with Crippen molar-refractivity contribution in [1.82, 2.24) is 14.5 Å². The Balaban J connectivity index is 2.11. The molecule has 0 spiro atoms. The van der Waals surface area contributed by atoms with E-state index in [1.807, 2.05) is 26.8 Å². The van der Waals surface area contributed by atoms with E-state index in [-0.39, 0.29) is 11.6 Å². The first-order chi connectivity index (χ1) is 12.3. The van der Waals surface area contributed by atoms with Gasteiger partial charge in [0.05, 0.1) is 10.6 Å². The number of hydrogen-bond acceptors (Lipinski definition) is 4. The second kappa shape index (κ2) is 7.32. The Kier molecular flexibility index (Phi) is 5.29. The highest BCUT2D eigenvalue weighted by molar-refractivity contribution is 7.89. The first-order valence-corrected chi connectivity index (χ1v) is 10.5. The van der Waals surface area contributed by atoms with Crippen LogP contribution in [0.1, 0.15) is 43.7 Å². The predicted octanol–water partition coefficient (Wildman–Crippen LogP) is 3.01. The van der Waals surface area contributed by atoms with Gasteiger partial charge in [0, 0.05) is 24.2 Å². The summed E-state index contributed by atoms with van der Waals surface area (Å²) in [6.45, 7) is 6.35. The molecule has 1 fully saturated rings. The van der Waals surface area contributed by atoms with E-state index in [0.29, 0.717) is 22.7 Å². The standard InChI is InChI=1S/C19H25N3O3S/c1-4-16-7-5-6-10-22(16)26(24,25)18-12-15(11-13(2)14(18)3)17-8-9-19(23)21-20-17/h8-9,11-12,16H,4-7,10H2,1-3H3,(H,21,23)/t16-/m0/s1. The first kappa shape index (κ1) is 18.8. The molecule has 2 aromatic rings. The number of hydrogen-bond donors (Lipinski definition) is 1. The smallest absolute Gasteiger partial charge is 0.264 e. The molecular formula is C19H25N3O3S. The summed E-state index contributed by atoms with van der Waals surface area (Å²) in [7, 11) is -3.58. The number of piperidine rings is 1. The van der Waals surface area contributed by atoms with E-state index in [9.17, 15) is 13.2 Å². The highest BCUT2D eigenvalue weighted by atomic mass is 32.2. The molecule has 3 rings (SSSR count). The van der Waals surface area contributed by atoms with Crippen LogP contribution in [0, 0.1) is 13.8 Å². The normalized spacial score (nSPS) is 18.8. The van der Waals surface area contributed by atoms with Gasteiger partial charge in [-0.3, -0.25) is 4.79 Å². The molecule has 0 aliphatic carbocycles. The van der Waals surface area contributed by atoms with Crippen LogP contribution in [0.15, 0.2) is 34.0 Å². The van der Waals surface area contributed by atoms with Gasteiger partial charge in [-0.15, -0.1) is 0 Å². The second-order valence-corrected chi connectivity index (χ2v) is 8.76. The summed E-state index contributed by atoms with van der Waals surface area (Å²) < 4.78 is 28.5. The van der Waals surface area contributed by atoms with Crippen molar-refractivity contribution in [2.75, 3.05) is 6.54 Å². The predicted molar refractivity (Wildman–Crippen MR) is 102 cm³/mol. The molecule has 1 aromatic carbocycles. The molecular weight excluding hydrogens is 350 g/mol. The Hall–Kier alpha value is -1.99. The number of aromatic amines is 1. The van der Waals surface area contributed by atoms with Crippen LogP contribution in [-0.4, -0.2) is 35.5 Å². The number of benzene rings is 1. The monoisotopic (exact) mass is 375 g/mol. The SMILES string of the molecule is CC[C@H]1CCCCN1S(=O)(=O)c1cc(-c2ccc(=O)[nH]n2)cc(C)c1C. The summed E-state index contributed by atoms with van der Waals surface area (Å²) >= 11 is 0. The Morgan fingerprint density at radius 1 is 1.23 bits per heavy atom.